The second kappa shape index (κ2) is 8.53. The number of benzene rings is 2. The van der Waals surface area contributed by atoms with Crippen molar-refractivity contribution in [1.82, 2.24) is 10.3 Å². The smallest absolute Gasteiger partial charge is 0.335 e. The van der Waals surface area contributed by atoms with Crippen LogP contribution in [0, 0.1) is 0 Å². The van der Waals surface area contributed by atoms with Gasteiger partial charge in [-0.05, 0) is 54.7 Å². The lowest BCUT2D eigenvalue weighted by Crippen LogP contribution is -2.37. The van der Waals surface area contributed by atoms with E-state index in [1.807, 2.05) is 24.4 Å². The van der Waals surface area contributed by atoms with Crippen molar-refractivity contribution in [3.05, 3.63) is 77.5 Å². The minimum atomic E-state index is -0.904. The third kappa shape index (κ3) is 4.35. The second-order valence-electron chi connectivity index (χ2n) is 7.69. The topological polar surface area (TPSA) is 85.3 Å². The molecule has 0 amide bonds. The molecule has 5 nitrogen and oxygen atoms in total. The Labute approximate surface area is 170 Å². The Morgan fingerprint density at radius 3 is 2.86 bits per heavy atom. The lowest BCUT2D eigenvalue weighted by molar-refractivity contribution is 0.0697. The normalized spacial score (nSPS) is 18.9. The third-order valence-electron chi connectivity index (χ3n) is 5.76. The number of hydrogen-bond donors (Lipinski definition) is 4. The number of carboxylic acids is 1. The van der Waals surface area contributed by atoms with Crippen LogP contribution in [0.15, 0.2) is 60.8 Å². The molecule has 1 aliphatic heterocycles. The summed E-state index contributed by atoms with van der Waals surface area (Å²) < 4.78 is 0. The van der Waals surface area contributed by atoms with Crippen LogP contribution in [0.25, 0.3) is 10.9 Å². The molecule has 0 bridgehead atoms. The molecule has 4 rings (SSSR count). The van der Waals surface area contributed by atoms with Gasteiger partial charge in [0.15, 0.2) is 0 Å². The lowest BCUT2D eigenvalue weighted by atomic mass is 9.86. The molecule has 1 aliphatic rings. The van der Waals surface area contributed by atoms with Crippen LogP contribution in [-0.4, -0.2) is 33.8 Å². The molecule has 0 fully saturated rings. The molecule has 0 saturated heterocycles. The van der Waals surface area contributed by atoms with Crippen LogP contribution in [0.2, 0.25) is 0 Å². The molecule has 2 aromatic carbocycles. The molecule has 5 heteroatoms. The average Bonchev–Trinajstić information content (AvgIpc) is 3.14. The van der Waals surface area contributed by atoms with Crippen LogP contribution in [0.4, 0.5) is 0 Å². The highest BCUT2D eigenvalue weighted by Gasteiger charge is 2.22. The molecule has 3 aromatic rings. The minimum Gasteiger partial charge on any atom is -0.508 e. The zero-order chi connectivity index (χ0) is 20.2. The Kier molecular flexibility index (Phi) is 5.67. The van der Waals surface area contributed by atoms with E-state index in [1.165, 1.54) is 5.56 Å². The van der Waals surface area contributed by atoms with E-state index in [0.29, 0.717) is 17.4 Å². The molecule has 0 radical (unpaired) electrons. The number of H-pyrrole nitrogens is 1. The zero-order valence-corrected chi connectivity index (χ0v) is 16.3. The van der Waals surface area contributed by atoms with Crippen LogP contribution in [0.3, 0.4) is 0 Å². The third-order valence-corrected chi connectivity index (χ3v) is 5.76. The van der Waals surface area contributed by atoms with Gasteiger partial charge >= 0.3 is 5.97 Å². The van der Waals surface area contributed by atoms with Crippen LogP contribution in [-0.2, 0) is 6.42 Å². The van der Waals surface area contributed by atoms with E-state index in [4.69, 9.17) is 5.11 Å². The number of aromatic amines is 1. The van der Waals surface area contributed by atoms with Crippen molar-refractivity contribution in [2.75, 3.05) is 6.54 Å². The standard InChI is InChI=1S/C24H26N2O3/c27-19-7-3-6-16(13-19)20-8-4-12-25-22(20)9-2-1-5-18-15-26-23-14-17(24(28)29)10-11-21(18)23/h3-4,6-8,10-11,13-15,20,22,25-27H,1-2,5,9,12H2,(H,28,29). The molecule has 0 saturated carbocycles. The Balaban J connectivity index is 1.36. The summed E-state index contributed by atoms with van der Waals surface area (Å²) in [4.78, 5) is 14.3. The van der Waals surface area contributed by atoms with Crippen molar-refractivity contribution >= 4 is 16.9 Å². The fourth-order valence-corrected chi connectivity index (χ4v) is 4.26. The maximum atomic E-state index is 11.1. The summed E-state index contributed by atoms with van der Waals surface area (Å²) in [7, 11) is 0. The van der Waals surface area contributed by atoms with E-state index in [9.17, 15) is 9.90 Å². The number of aromatic nitrogens is 1. The van der Waals surface area contributed by atoms with E-state index >= 15 is 0 Å². The fourth-order valence-electron chi connectivity index (χ4n) is 4.26. The van der Waals surface area contributed by atoms with Gasteiger partial charge in [-0.2, -0.15) is 0 Å². The maximum Gasteiger partial charge on any atom is 0.335 e. The van der Waals surface area contributed by atoms with Gasteiger partial charge in [-0.3, -0.25) is 0 Å². The van der Waals surface area contributed by atoms with Gasteiger partial charge < -0.3 is 20.5 Å². The molecular formula is C24H26N2O3. The van der Waals surface area contributed by atoms with E-state index in [2.05, 4.69) is 28.5 Å². The molecule has 2 atom stereocenters. The Bertz CT molecular complexity index is 1040. The van der Waals surface area contributed by atoms with Gasteiger partial charge in [0, 0.05) is 35.6 Å². The molecule has 150 valence electrons. The van der Waals surface area contributed by atoms with Crippen LogP contribution >= 0.6 is 0 Å². The first-order chi connectivity index (χ1) is 14.1. The summed E-state index contributed by atoms with van der Waals surface area (Å²) in [5.41, 5.74) is 3.56. The number of fused-ring (bicyclic) bond motifs is 1. The zero-order valence-electron chi connectivity index (χ0n) is 16.3. The monoisotopic (exact) mass is 390 g/mol. The van der Waals surface area contributed by atoms with Crippen LogP contribution < -0.4 is 5.32 Å². The number of rotatable bonds is 7. The van der Waals surface area contributed by atoms with Gasteiger partial charge in [-0.25, -0.2) is 4.79 Å². The molecule has 0 aliphatic carbocycles. The molecule has 29 heavy (non-hydrogen) atoms. The summed E-state index contributed by atoms with van der Waals surface area (Å²) >= 11 is 0. The van der Waals surface area contributed by atoms with Gasteiger partial charge in [0.2, 0.25) is 0 Å². The number of aromatic hydroxyl groups is 1. The number of phenols is 1. The first kappa shape index (κ1) is 19.3. The van der Waals surface area contributed by atoms with Crippen molar-refractivity contribution in [2.45, 2.75) is 37.6 Å². The summed E-state index contributed by atoms with van der Waals surface area (Å²) in [6.45, 7) is 0.883. The van der Waals surface area contributed by atoms with Gasteiger partial charge in [0.05, 0.1) is 5.56 Å². The number of hydrogen-bond acceptors (Lipinski definition) is 3. The lowest BCUT2D eigenvalue weighted by Gasteiger charge is -2.29. The quantitative estimate of drug-likeness (QED) is 0.351. The Morgan fingerprint density at radius 2 is 2.03 bits per heavy atom. The molecule has 2 unspecified atom stereocenters. The number of carbonyl (C=O) groups is 1. The van der Waals surface area contributed by atoms with Gasteiger partial charge in [-0.15, -0.1) is 0 Å². The maximum absolute atomic E-state index is 11.1. The SMILES string of the molecule is O=C(O)c1ccc2c(CCCCC3NCC=CC3c3cccc(O)c3)c[nH]c2c1. The van der Waals surface area contributed by atoms with Gasteiger partial charge in [0.25, 0.3) is 0 Å². The predicted octanol–water partition coefficient (Wildman–Crippen LogP) is 4.60. The first-order valence-corrected chi connectivity index (χ1v) is 10.1. The molecule has 4 N–H and O–H groups in total. The largest absolute Gasteiger partial charge is 0.508 e. The highest BCUT2D eigenvalue weighted by molar-refractivity contribution is 5.94. The predicted molar refractivity (Wildman–Crippen MR) is 115 cm³/mol. The van der Waals surface area contributed by atoms with E-state index in [0.717, 1.165) is 48.7 Å². The highest BCUT2D eigenvalue weighted by atomic mass is 16.4. The number of aryl methyl sites for hydroxylation is 1. The number of nitrogens with one attached hydrogen (secondary N) is 2. The number of phenolic OH excluding ortho intramolecular Hbond substituents is 1. The summed E-state index contributed by atoms with van der Waals surface area (Å²) in [6.07, 6.45) is 10.6. The first-order valence-electron chi connectivity index (χ1n) is 10.1. The summed E-state index contributed by atoms with van der Waals surface area (Å²) in [5.74, 6) is -0.317. The fraction of sp³-hybridized carbons (Fsp3) is 0.292. The van der Waals surface area contributed by atoms with Crippen molar-refractivity contribution < 1.29 is 15.0 Å². The average molecular weight is 390 g/mol. The molecule has 0 spiro atoms. The minimum absolute atomic E-state index is 0.276. The Hall–Kier alpha value is -3.05. The number of aromatic carboxylic acids is 1. The van der Waals surface area contributed by atoms with Crippen LogP contribution in [0.5, 0.6) is 5.75 Å². The van der Waals surface area contributed by atoms with Crippen molar-refractivity contribution in [3.8, 4) is 5.75 Å². The van der Waals surface area contributed by atoms with Crippen molar-refractivity contribution in [1.29, 1.82) is 0 Å². The number of unbranched alkanes of at least 4 members (excludes halogenated alkanes) is 1. The van der Waals surface area contributed by atoms with E-state index in [1.54, 1.807) is 18.2 Å². The summed E-state index contributed by atoms with van der Waals surface area (Å²) in [5, 5.41) is 23.6. The second-order valence-corrected chi connectivity index (χ2v) is 7.69. The molecule has 2 heterocycles. The van der Waals surface area contributed by atoms with Gasteiger partial charge in [-0.1, -0.05) is 36.8 Å². The molecule has 1 aromatic heterocycles. The van der Waals surface area contributed by atoms with Crippen molar-refractivity contribution in [3.63, 3.8) is 0 Å². The van der Waals surface area contributed by atoms with E-state index in [-0.39, 0.29) is 5.92 Å². The molecular weight excluding hydrogens is 364 g/mol. The van der Waals surface area contributed by atoms with Gasteiger partial charge in [0.1, 0.15) is 5.75 Å². The van der Waals surface area contributed by atoms with Crippen LogP contribution in [0.1, 0.15) is 46.7 Å². The number of carboxylic acid groups (broad SMARTS) is 1. The Morgan fingerprint density at radius 1 is 1.14 bits per heavy atom. The summed E-state index contributed by atoms with van der Waals surface area (Å²) in [6, 6.07) is 13.2. The highest BCUT2D eigenvalue weighted by Crippen LogP contribution is 2.29. The van der Waals surface area contributed by atoms with E-state index < -0.39 is 5.97 Å². The van der Waals surface area contributed by atoms with Crippen molar-refractivity contribution in [2.24, 2.45) is 0 Å².